The summed E-state index contributed by atoms with van der Waals surface area (Å²) in [4.78, 5) is 10.0. The zero-order valence-electron chi connectivity index (χ0n) is 17.6. The van der Waals surface area contributed by atoms with Gasteiger partial charge >= 0.3 is 0 Å². The zero-order valence-corrected chi connectivity index (χ0v) is 17.6. The average Bonchev–Trinajstić information content (AvgIpc) is 3.09. The maximum atomic E-state index is 5.51. The van der Waals surface area contributed by atoms with Crippen LogP contribution < -0.4 is 9.47 Å². The van der Waals surface area contributed by atoms with E-state index in [4.69, 9.17) is 19.4 Å². The minimum Gasteiger partial charge on any atom is -0.493 e. The molecule has 0 aliphatic rings. The smallest absolute Gasteiger partial charge is 0.161 e. The Balaban J connectivity index is 1.81. The van der Waals surface area contributed by atoms with Crippen LogP contribution in [0.15, 0.2) is 54.6 Å². The van der Waals surface area contributed by atoms with Crippen LogP contribution in [0.5, 0.6) is 11.5 Å². The Hall–Kier alpha value is -3.60. The highest BCUT2D eigenvalue weighted by Gasteiger charge is 2.18. The average molecular weight is 397 g/mol. The number of ether oxygens (including phenoxy) is 2. The van der Waals surface area contributed by atoms with E-state index in [2.05, 4.69) is 36.6 Å². The number of fused-ring (bicyclic) bond motifs is 4. The first-order valence-electron chi connectivity index (χ1n) is 9.96. The molecule has 3 aromatic carbocycles. The summed E-state index contributed by atoms with van der Waals surface area (Å²) >= 11 is 0. The van der Waals surface area contributed by atoms with E-state index < -0.39 is 0 Å². The zero-order chi connectivity index (χ0) is 20.8. The number of aromatic nitrogens is 3. The first kappa shape index (κ1) is 18.4. The van der Waals surface area contributed by atoms with Crippen molar-refractivity contribution in [3.05, 3.63) is 71.3 Å². The van der Waals surface area contributed by atoms with E-state index in [0.717, 1.165) is 39.3 Å². The molecule has 0 unspecified atom stereocenters. The Labute approximate surface area is 174 Å². The highest BCUT2D eigenvalue weighted by molar-refractivity contribution is 6.09. The number of rotatable bonds is 4. The van der Waals surface area contributed by atoms with Gasteiger partial charge in [-0.2, -0.15) is 0 Å². The molecule has 30 heavy (non-hydrogen) atoms. The van der Waals surface area contributed by atoms with Crippen molar-refractivity contribution in [3.8, 4) is 11.5 Å². The summed E-state index contributed by atoms with van der Waals surface area (Å²) in [5, 5.41) is 1.17. The quantitative estimate of drug-likeness (QED) is 0.406. The summed E-state index contributed by atoms with van der Waals surface area (Å²) in [6.45, 7) is 4.95. The fraction of sp³-hybridized carbons (Fsp3) is 0.200. The Morgan fingerprint density at radius 3 is 2.23 bits per heavy atom. The van der Waals surface area contributed by atoms with Crippen LogP contribution in [0.1, 0.15) is 16.7 Å². The van der Waals surface area contributed by atoms with Crippen molar-refractivity contribution in [2.75, 3.05) is 14.2 Å². The Morgan fingerprint density at radius 1 is 0.800 bits per heavy atom. The fourth-order valence-corrected chi connectivity index (χ4v) is 4.21. The molecule has 5 rings (SSSR count). The molecule has 0 aliphatic heterocycles. The topological polar surface area (TPSA) is 49.2 Å². The van der Waals surface area contributed by atoms with Gasteiger partial charge in [0.1, 0.15) is 5.52 Å². The molecule has 0 saturated carbocycles. The van der Waals surface area contributed by atoms with Crippen LogP contribution in [0.25, 0.3) is 33.1 Å². The molecule has 0 aliphatic carbocycles. The first-order valence-corrected chi connectivity index (χ1v) is 9.96. The molecule has 0 atom stereocenters. The third-order valence-corrected chi connectivity index (χ3v) is 5.69. The van der Waals surface area contributed by atoms with Gasteiger partial charge in [0.15, 0.2) is 17.1 Å². The maximum Gasteiger partial charge on any atom is 0.161 e. The predicted octanol–water partition coefficient (Wildman–Crippen LogP) is 5.42. The molecule has 0 radical (unpaired) electrons. The number of benzene rings is 3. The molecule has 0 saturated heterocycles. The molecule has 0 spiro atoms. The van der Waals surface area contributed by atoms with Gasteiger partial charge in [0.05, 0.1) is 30.8 Å². The van der Waals surface area contributed by atoms with Crippen LogP contribution in [0.4, 0.5) is 0 Å². The number of hydrogen-bond donors (Lipinski definition) is 0. The van der Waals surface area contributed by atoms with Gasteiger partial charge in [-0.1, -0.05) is 30.3 Å². The molecule has 5 aromatic rings. The van der Waals surface area contributed by atoms with Crippen molar-refractivity contribution < 1.29 is 9.47 Å². The van der Waals surface area contributed by atoms with Gasteiger partial charge < -0.3 is 14.0 Å². The highest BCUT2D eigenvalue weighted by Crippen LogP contribution is 2.34. The van der Waals surface area contributed by atoms with E-state index in [1.165, 1.54) is 22.0 Å². The second-order valence-electron chi connectivity index (χ2n) is 7.58. The monoisotopic (exact) mass is 397 g/mol. The van der Waals surface area contributed by atoms with Crippen molar-refractivity contribution in [2.45, 2.75) is 20.4 Å². The third-order valence-electron chi connectivity index (χ3n) is 5.69. The number of aryl methyl sites for hydroxylation is 2. The molecule has 150 valence electrons. The normalized spacial score (nSPS) is 11.5. The van der Waals surface area contributed by atoms with Gasteiger partial charge in [-0.15, -0.1) is 0 Å². The van der Waals surface area contributed by atoms with Gasteiger partial charge in [0, 0.05) is 11.9 Å². The van der Waals surface area contributed by atoms with Crippen LogP contribution >= 0.6 is 0 Å². The van der Waals surface area contributed by atoms with Crippen molar-refractivity contribution in [3.63, 3.8) is 0 Å². The maximum absolute atomic E-state index is 5.51. The predicted molar refractivity (Wildman–Crippen MR) is 121 cm³/mol. The molecule has 0 bridgehead atoms. The van der Waals surface area contributed by atoms with E-state index in [-0.39, 0.29) is 0 Å². The van der Waals surface area contributed by atoms with E-state index >= 15 is 0 Å². The van der Waals surface area contributed by atoms with Crippen LogP contribution in [-0.4, -0.2) is 28.8 Å². The second kappa shape index (κ2) is 7.02. The largest absolute Gasteiger partial charge is 0.493 e. The first-order chi connectivity index (χ1) is 14.6. The Morgan fingerprint density at radius 2 is 1.50 bits per heavy atom. The highest BCUT2D eigenvalue weighted by atomic mass is 16.5. The van der Waals surface area contributed by atoms with Gasteiger partial charge in [0.25, 0.3) is 0 Å². The van der Waals surface area contributed by atoms with Gasteiger partial charge in [-0.3, -0.25) is 0 Å². The summed E-state index contributed by atoms with van der Waals surface area (Å²) in [5.74, 6) is 1.45. The molecule has 0 fully saturated rings. The molecule has 2 heterocycles. The number of para-hydroxylation sites is 2. The van der Waals surface area contributed by atoms with Crippen LogP contribution in [0, 0.1) is 13.8 Å². The lowest BCUT2D eigenvalue weighted by atomic mass is 10.1. The molecule has 5 nitrogen and oxygen atoms in total. The van der Waals surface area contributed by atoms with Gasteiger partial charge in [-0.05, 0) is 54.8 Å². The third kappa shape index (κ3) is 2.77. The molecule has 0 N–H and O–H groups in total. The number of hydrogen-bond acceptors (Lipinski definition) is 4. The van der Waals surface area contributed by atoms with Crippen molar-refractivity contribution in [1.29, 1.82) is 0 Å². The summed E-state index contributed by atoms with van der Waals surface area (Å²) < 4.78 is 13.2. The molecule has 5 heteroatoms. The van der Waals surface area contributed by atoms with E-state index in [1.807, 2.05) is 36.4 Å². The number of methoxy groups -OCH3 is 2. The van der Waals surface area contributed by atoms with Gasteiger partial charge in [0.2, 0.25) is 0 Å². The lowest BCUT2D eigenvalue weighted by molar-refractivity contribution is 0.354. The minimum atomic E-state index is 0.664. The lowest BCUT2D eigenvalue weighted by Gasteiger charge is -2.12. The molecule has 0 amide bonds. The summed E-state index contributed by atoms with van der Waals surface area (Å²) in [6.07, 6.45) is 0. The Kier molecular flexibility index (Phi) is 4.31. The number of nitrogens with zero attached hydrogens (tertiary/aromatic N) is 3. The van der Waals surface area contributed by atoms with Crippen molar-refractivity contribution >= 4 is 33.1 Å². The van der Waals surface area contributed by atoms with E-state index in [9.17, 15) is 0 Å². The van der Waals surface area contributed by atoms with Crippen LogP contribution in [0.2, 0.25) is 0 Å². The second-order valence-corrected chi connectivity index (χ2v) is 7.58. The standard InChI is InChI=1S/C25H23N3O2/c1-15-9-10-16(2)24-22(15)23-25(27-19-8-6-5-7-18(19)26-23)28(24)14-17-11-12-20(29-3)21(13-17)30-4/h5-13H,14H2,1-4H3. The summed E-state index contributed by atoms with van der Waals surface area (Å²) in [6, 6.07) is 18.4. The summed E-state index contributed by atoms with van der Waals surface area (Å²) in [5.41, 5.74) is 8.36. The fourth-order valence-electron chi connectivity index (χ4n) is 4.21. The minimum absolute atomic E-state index is 0.664. The van der Waals surface area contributed by atoms with Crippen LogP contribution in [0.3, 0.4) is 0 Å². The SMILES string of the molecule is COc1ccc(Cn2c3nc4ccccc4nc3c3c(C)ccc(C)c32)cc1OC. The van der Waals surface area contributed by atoms with Gasteiger partial charge in [-0.25, -0.2) is 9.97 Å². The van der Waals surface area contributed by atoms with Crippen molar-refractivity contribution in [2.24, 2.45) is 0 Å². The summed E-state index contributed by atoms with van der Waals surface area (Å²) in [7, 11) is 3.31. The van der Waals surface area contributed by atoms with Crippen LogP contribution in [-0.2, 0) is 6.54 Å². The van der Waals surface area contributed by atoms with E-state index in [0.29, 0.717) is 6.54 Å². The van der Waals surface area contributed by atoms with Crippen molar-refractivity contribution in [1.82, 2.24) is 14.5 Å². The van der Waals surface area contributed by atoms with E-state index in [1.54, 1.807) is 14.2 Å². The lowest BCUT2D eigenvalue weighted by Crippen LogP contribution is -2.03. The Bertz CT molecular complexity index is 1420. The molecular formula is C25H23N3O2. The molecule has 2 aromatic heterocycles. The molecular weight excluding hydrogens is 374 g/mol.